The number of carbonyl (C=O) groups is 2. The molecule has 7 nitrogen and oxygen atoms in total. The van der Waals surface area contributed by atoms with Gasteiger partial charge in [0, 0.05) is 5.56 Å². The van der Waals surface area contributed by atoms with E-state index < -0.39 is 11.9 Å². The average molecular weight is 288 g/mol. The summed E-state index contributed by atoms with van der Waals surface area (Å²) in [7, 11) is 3.09. The van der Waals surface area contributed by atoms with Crippen LogP contribution in [-0.4, -0.2) is 35.9 Å². The first-order chi connectivity index (χ1) is 10.1. The monoisotopic (exact) mass is 288 g/mol. The van der Waals surface area contributed by atoms with E-state index >= 15 is 0 Å². The summed E-state index contributed by atoms with van der Waals surface area (Å²) >= 11 is 0. The van der Waals surface area contributed by atoms with Crippen LogP contribution in [0.2, 0.25) is 0 Å². The average Bonchev–Trinajstić information content (AvgIpc) is 2.90. The Balaban J connectivity index is 2.04. The Morgan fingerprint density at radius 1 is 1.14 bits per heavy atom. The Labute approximate surface area is 120 Å². The topological polar surface area (TPSA) is 79.7 Å². The lowest BCUT2D eigenvalue weighted by molar-refractivity contribution is -0.140. The minimum Gasteiger partial charge on any atom is -0.493 e. The molecule has 0 spiro atoms. The second-order valence-corrected chi connectivity index (χ2v) is 4.40. The molecule has 0 saturated heterocycles. The first-order valence-electron chi connectivity index (χ1n) is 6.17. The normalized spacial score (nSPS) is 13.6. The number of carbonyl (C=O) groups excluding carboxylic acids is 2. The molecular formula is C14H12N2O5. The summed E-state index contributed by atoms with van der Waals surface area (Å²) in [4.78, 5) is 22.8. The van der Waals surface area contributed by atoms with E-state index in [0.717, 1.165) is 5.56 Å². The van der Waals surface area contributed by atoms with Gasteiger partial charge in [0.25, 0.3) is 0 Å². The molecule has 2 aromatic rings. The minimum atomic E-state index is -0.689. The van der Waals surface area contributed by atoms with E-state index in [0.29, 0.717) is 17.2 Å². The van der Waals surface area contributed by atoms with Crippen molar-refractivity contribution in [3.63, 3.8) is 0 Å². The fourth-order valence-corrected chi connectivity index (χ4v) is 2.15. The quantitative estimate of drug-likeness (QED) is 0.625. The van der Waals surface area contributed by atoms with Crippen LogP contribution in [0.3, 0.4) is 0 Å². The molecule has 3 rings (SSSR count). The summed E-state index contributed by atoms with van der Waals surface area (Å²) < 4.78 is 16.3. The van der Waals surface area contributed by atoms with Crippen LogP contribution in [0.15, 0.2) is 24.3 Å². The Morgan fingerprint density at radius 3 is 2.62 bits per heavy atom. The van der Waals surface area contributed by atoms with Crippen molar-refractivity contribution in [1.29, 1.82) is 0 Å². The van der Waals surface area contributed by atoms with E-state index in [2.05, 4.69) is 9.84 Å². The number of methoxy groups -OCH3 is 2. The molecule has 0 saturated carbocycles. The largest absolute Gasteiger partial charge is 0.493 e. The Kier molecular flexibility index (Phi) is 3.09. The van der Waals surface area contributed by atoms with Gasteiger partial charge in [-0.2, -0.15) is 5.10 Å². The minimum absolute atomic E-state index is 0.0750. The number of aromatic nitrogens is 2. The molecule has 2 heterocycles. The molecule has 0 unspecified atom stereocenters. The van der Waals surface area contributed by atoms with E-state index in [4.69, 9.17) is 9.47 Å². The third kappa shape index (κ3) is 2.22. The van der Waals surface area contributed by atoms with Crippen LogP contribution < -0.4 is 9.47 Å². The van der Waals surface area contributed by atoms with Gasteiger partial charge in [-0.1, -0.05) is 0 Å². The van der Waals surface area contributed by atoms with E-state index in [1.165, 1.54) is 11.8 Å². The fourth-order valence-electron chi connectivity index (χ4n) is 2.15. The zero-order valence-corrected chi connectivity index (χ0v) is 11.5. The molecule has 0 N–H and O–H groups in total. The zero-order valence-electron chi connectivity index (χ0n) is 11.5. The molecule has 0 fully saturated rings. The summed E-state index contributed by atoms with van der Waals surface area (Å²) in [6, 6.07) is 6.87. The number of benzene rings is 1. The number of fused-ring (bicyclic) bond motifs is 1. The molecule has 0 amide bonds. The highest BCUT2D eigenvalue weighted by molar-refractivity contribution is 5.98. The van der Waals surface area contributed by atoms with Gasteiger partial charge in [0.2, 0.25) is 0 Å². The van der Waals surface area contributed by atoms with E-state index in [-0.39, 0.29) is 12.2 Å². The number of rotatable bonds is 3. The van der Waals surface area contributed by atoms with Gasteiger partial charge in [-0.15, -0.1) is 0 Å². The summed E-state index contributed by atoms with van der Waals surface area (Å²) in [6.45, 7) is -0.0750. The van der Waals surface area contributed by atoms with E-state index in [1.54, 1.807) is 31.4 Å². The first kappa shape index (κ1) is 13.2. The molecule has 0 atom stereocenters. The highest BCUT2D eigenvalue weighted by Gasteiger charge is 2.27. The van der Waals surface area contributed by atoms with Crippen molar-refractivity contribution >= 4 is 11.9 Å². The van der Waals surface area contributed by atoms with Gasteiger partial charge >= 0.3 is 11.9 Å². The van der Waals surface area contributed by atoms with Crippen LogP contribution in [0, 0.1) is 0 Å². The highest BCUT2D eigenvalue weighted by atomic mass is 16.6. The van der Waals surface area contributed by atoms with Gasteiger partial charge in [-0.3, -0.25) is 0 Å². The molecule has 1 aromatic heterocycles. The lowest BCUT2D eigenvalue weighted by Crippen LogP contribution is -2.28. The molecule has 0 radical (unpaired) electrons. The van der Waals surface area contributed by atoms with Gasteiger partial charge < -0.3 is 14.2 Å². The standard InChI is InChI=1S/C14H12N2O5/c1-19-11-4-3-8(5-12(11)20-2)9-6-10-14(18)21-13(17)7-16(10)15-9/h3-6H,7H2,1-2H3. The second kappa shape index (κ2) is 4.93. The van der Waals surface area contributed by atoms with Crippen LogP contribution in [0.25, 0.3) is 11.3 Å². The lowest BCUT2D eigenvalue weighted by atomic mass is 10.1. The van der Waals surface area contributed by atoms with Crippen molar-refractivity contribution in [2.45, 2.75) is 6.54 Å². The summed E-state index contributed by atoms with van der Waals surface area (Å²) in [5.41, 5.74) is 1.55. The third-order valence-corrected chi connectivity index (χ3v) is 3.15. The zero-order chi connectivity index (χ0) is 15.0. The van der Waals surface area contributed by atoms with E-state index in [9.17, 15) is 9.59 Å². The number of esters is 2. The van der Waals surface area contributed by atoms with Crippen molar-refractivity contribution in [1.82, 2.24) is 9.78 Å². The van der Waals surface area contributed by atoms with Gasteiger partial charge in [0.1, 0.15) is 12.2 Å². The van der Waals surface area contributed by atoms with Crippen LogP contribution in [0.5, 0.6) is 11.5 Å². The maximum absolute atomic E-state index is 11.6. The Morgan fingerprint density at radius 2 is 1.90 bits per heavy atom. The Hall–Kier alpha value is -2.83. The van der Waals surface area contributed by atoms with Crippen LogP contribution >= 0.6 is 0 Å². The number of hydrogen-bond donors (Lipinski definition) is 0. The van der Waals surface area contributed by atoms with Crippen LogP contribution in [0.4, 0.5) is 0 Å². The smallest absolute Gasteiger partial charge is 0.364 e. The first-order valence-corrected chi connectivity index (χ1v) is 6.17. The molecular weight excluding hydrogens is 276 g/mol. The predicted molar refractivity (Wildman–Crippen MR) is 71.2 cm³/mol. The molecule has 1 aromatic carbocycles. The van der Waals surface area contributed by atoms with Crippen LogP contribution in [-0.2, 0) is 16.1 Å². The lowest BCUT2D eigenvalue weighted by Gasteiger charge is -2.10. The number of cyclic esters (lactones) is 2. The van der Waals surface area contributed by atoms with Crippen molar-refractivity contribution in [2.75, 3.05) is 14.2 Å². The number of hydrogen-bond acceptors (Lipinski definition) is 6. The molecule has 7 heteroatoms. The maximum atomic E-state index is 11.6. The van der Waals surface area contributed by atoms with Crippen LogP contribution in [0.1, 0.15) is 10.5 Å². The van der Waals surface area contributed by atoms with Gasteiger partial charge in [0.05, 0.1) is 19.9 Å². The van der Waals surface area contributed by atoms with Crippen molar-refractivity contribution < 1.29 is 23.8 Å². The van der Waals surface area contributed by atoms with E-state index in [1.807, 2.05) is 0 Å². The number of ether oxygens (including phenoxy) is 3. The van der Waals surface area contributed by atoms with Gasteiger partial charge in [-0.05, 0) is 24.3 Å². The van der Waals surface area contributed by atoms with Gasteiger partial charge in [0.15, 0.2) is 11.5 Å². The van der Waals surface area contributed by atoms with Crippen molar-refractivity contribution in [2.24, 2.45) is 0 Å². The summed E-state index contributed by atoms with van der Waals surface area (Å²) in [6.07, 6.45) is 0. The summed E-state index contributed by atoms with van der Waals surface area (Å²) in [5.74, 6) is -0.153. The summed E-state index contributed by atoms with van der Waals surface area (Å²) in [5, 5.41) is 4.25. The number of nitrogens with zero attached hydrogens (tertiary/aromatic N) is 2. The molecule has 108 valence electrons. The molecule has 21 heavy (non-hydrogen) atoms. The molecule has 0 bridgehead atoms. The second-order valence-electron chi connectivity index (χ2n) is 4.40. The van der Waals surface area contributed by atoms with Crippen molar-refractivity contribution in [3.8, 4) is 22.8 Å². The maximum Gasteiger partial charge on any atom is 0.364 e. The highest BCUT2D eigenvalue weighted by Crippen LogP contribution is 2.32. The Bertz CT molecular complexity index is 735. The molecule has 0 aliphatic carbocycles. The molecule has 1 aliphatic heterocycles. The molecule has 1 aliphatic rings. The SMILES string of the molecule is COc1ccc(-c2cc3n(n2)CC(=O)OC3=O)cc1OC. The predicted octanol–water partition coefficient (Wildman–Crippen LogP) is 1.26. The third-order valence-electron chi connectivity index (χ3n) is 3.15. The fraction of sp³-hybridized carbons (Fsp3) is 0.214. The van der Waals surface area contributed by atoms with Crippen molar-refractivity contribution in [3.05, 3.63) is 30.0 Å². The van der Waals surface area contributed by atoms with Gasteiger partial charge in [-0.25, -0.2) is 14.3 Å².